The molecule has 0 aromatic carbocycles. The van der Waals surface area contributed by atoms with E-state index in [1.54, 1.807) is 0 Å². The van der Waals surface area contributed by atoms with Crippen molar-refractivity contribution < 1.29 is 5.11 Å². The van der Waals surface area contributed by atoms with Crippen molar-refractivity contribution in [1.82, 2.24) is 0 Å². The van der Waals surface area contributed by atoms with Gasteiger partial charge in [0.15, 0.2) is 0 Å². The van der Waals surface area contributed by atoms with E-state index in [2.05, 4.69) is 13.8 Å². The summed E-state index contributed by atoms with van der Waals surface area (Å²) < 4.78 is 0. The van der Waals surface area contributed by atoms with Crippen LogP contribution in [0.25, 0.3) is 0 Å². The molecule has 0 bridgehead atoms. The van der Waals surface area contributed by atoms with Gasteiger partial charge in [-0.3, -0.25) is 0 Å². The topological polar surface area (TPSA) is 20.2 Å². The molecule has 12 heavy (non-hydrogen) atoms. The van der Waals surface area contributed by atoms with Crippen LogP contribution in [-0.2, 0) is 0 Å². The van der Waals surface area contributed by atoms with Crippen LogP contribution in [0.5, 0.6) is 0 Å². The lowest BCUT2D eigenvalue weighted by molar-refractivity contribution is 0.0388. The molecule has 0 aromatic heterocycles. The average molecular weight is 170 g/mol. The molecule has 1 heteroatoms. The first-order chi connectivity index (χ1) is 5.75. The molecule has 1 unspecified atom stereocenters. The van der Waals surface area contributed by atoms with Gasteiger partial charge in [-0.2, -0.15) is 0 Å². The van der Waals surface area contributed by atoms with Crippen molar-refractivity contribution in [1.29, 1.82) is 0 Å². The summed E-state index contributed by atoms with van der Waals surface area (Å²) in [5.41, 5.74) is 0. The predicted octanol–water partition coefficient (Wildman–Crippen LogP) is 2.97. The van der Waals surface area contributed by atoms with Gasteiger partial charge < -0.3 is 5.11 Å². The van der Waals surface area contributed by atoms with E-state index in [0.717, 1.165) is 12.3 Å². The van der Waals surface area contributed by atoms with Gasteiger partial charge in [-0.1, -0.05) is 39.5 Å². The maximum absolute atomic E-state index is 9.77. The molecule has 1 saturated carbocycles. The third-order valence-corrected chi connectivity index (χ3v) is 3.26. The van der Waals surface area contributed by atoms with Gasteiger partial charge in [-0.15, -0.1) is 0 Å². The first-order valence-electron chi connectivity index (χ1n) is 5.43. The van der Waals surface area contributed by atoms with Crippen LogP contribution in [0.4, 0.5) is 0 Å². The molecular weight excluding hydrogens is 148 g/mol. The average Bonchev–Trinajstić information content (AvgIpc) is 2.05. The Hall–Kier alpha value is -0.0400. The monoisotopic (exact) mass is 170 g/mol. The summed E-state index contributed by atoms with van der Waals surface area (Å²) in [5, 5.41) is 9.77. The van der Waals surface area contributed by atoms with Crippen molar-refractivity contribution in [2.75, 3.05) is 0 Å². The molecule has 0 amide bonds. The standard InChI is InChI=1S/C11H22O/c1-3-6-9(2)10-7-4-5-8-11(10)12/h9-12H,3-8H2,1-2H3/t9?,10-,11+/m0/s1. The van der Waals surface area contributed by atoms with Crippen LogP contribution in [0.1, 0.15) is 52.4 Å². The first kappa shape index (κ1) is 10.0. The number of hydrogen-bond acceptors (Lipinski definition) is 1. The Kier molecular flexibility index (Phi) is 4.07. The fraction of sp³-hybridized carbons (Fsp3) is 1.00. The van der Waals surface area contributed by atoms with E-state index in [4.69, 9.17) is 0 Å². The van der Waals surface area contributed by atoms with Crippen LogP contribution in [0.15, 0.2) is 0 Å². The minimum Gasteiger partial charge on any atom is -0.393 e. The van der Waals surface area contributed by atoms with Crippen molar-refractivity contribution in [3.05, 3.63) is 0 Å². The molecule has 0 radical (unpaired) electrons. The second kappa shape index (κ2) is 4.86. The molecule has 0 aromatic rings. The van der Waals surface area contributed by atoms with Crippen molar-refractivity contribution in [2.45, 2.75) is 58.5 Å². The Balaban J connectivity index is 2.36. The fourth-order valence-electron chi connectivity index (χ4n) is 2.47. The lowest BCUT2D eigenvalue weighted by Gasteiger charge is -2.32. The van der Waals surface area contributed by atoms with E-state index in [1.807, 2.05) is 0 Å². The van der Waals surface area contributed by atoms with Crippen LogP contribution in [0.2, 0.25) is 0 Å². The van der Waals surface area contributed by atoms with Crippen LogP contribution in [0.3, 0.4) is 0 Å². The SMILES string of the molecule is CCCC(C)[C@@H]1CCCC[C@H]1O. The Bertz CT molecular complexity index is 122. The van der Waals surface area contributed by atoms with E-state index >= 15 is 0 Å². The minimum absolute atomic E-state index is 0.000278. The van der Waals surface area contributed by atoms with Gasteiger partial charge in [-0.25, -0.2) is 0 Å². The summed E-state index contributed by atoms with van der Waals surface area (Å²) in [4.78, 5) is 0. The zero-order valence-electron chi connectivity index (χ0n) is 8.42. The van der Waals surface area contributed by atoms with Crippen molar-refractivity contribution in [3.63, 3.8) is 0 Å². The lowest BCUT2D eigenvalue weighted by Crippen LogP contribution is -2.29. The number of hydrogen-bond donors (Lipinski definition) is 1. The van der Waals surface area contributed by atoms with Gasteiger partial charge in [0, 0.05) is 0 Å². The summed E-state index contributed by atoms with van der Waals surface area (Å²) in [6.45, 7) is 4.52. The summed E-state index contributed by atoms with van der Waals surface area (Å²) >= 11 is 0. The van der Waals surface area contributed by atoms with Crippen molar-refractivity contribution in [2.24, 2.45) is 11.8 Å². The molecule has 0 saturated heterocycles. The molecule has 0 aliphatic heterocycles. The quantitative estimate of drug-likeness (QED) is 0.690. The minimum atomic E-state index is 0.000278. The molecule has 1 fully saturated rings. The van der Waals surface area contributed by atoms with Gasteiger partial charge in [0.2, 0.25) is 0 Å². The van der Waals surface area contributed by atoms with Crippen LogP contribution in [-0.4, -0.2) is 11.2 Å². The summed E-state index contributed by atoms with van der Waals surface area (Å²) in [5.74, 6) is 1.32. The second-order valence-corrected chi connectivity index (χ2v) is 4.28. The lowest BCUT2D eigenvalue weighted by atomic mass is 9.77. The van der Waals surface area contributed by atoms with Crippen LogP contribution >= 0.6 is 0 Å². The van der Waals surface area contributed by atoms with Gasteiger partial charge in [-0.05, 0) is 24.7 Å². The molecule has 0 heterocycles. The molecular formula is C11H22O. The third kappa shape index (κ3) is 2.48. The van der Waals surface area contributed by atoms with Crippen LogP contribution < -0.4 is 0 Å². The highest BCUT2D eigenvalue weighted by Crippen LogP contribution is 2.32. The van der Waals surface area contributed by atoms with Gasteiger partial charge in [0.25, 0.3) is 0 Å². The normalized spacial score (nSPS) is 33.2. The molecule has 0 spiro atoms. The van der Waals surface area contributed by atoms with Crippen LogP contribution in [0, 0.1) is 11.8 Å². The second-order valence-electron chi connectivity index (χ2n) is 4.28. The first-order valence-corrected chi connectivity index (χ1v) is 5.43. The third-order valence-electron chi connectivity index (χ3n) is 3.26. The van der Waals surface area contributed by atoms with Gasteiger partial charge >= 0.3 is 0 Å². The molecule has 1 aliphatic rings. The number of aliphatic hydroxyl groups excluding tert-OH is 1. The molecule has 3 atom stereocenters. The smallest absolute Gasteiger partial charge is 0.0570 e. The zero-order chi connectivity index (χ0) is 8.97. The molecule has 72 valence electrons. The number of rotatable bonds is 3. The maximum atomic E-state index is 9.77. The van der Waals surface area contributed by atoms with E-state index in [9.17, 15) is 5.11 Å². The highest BCUT2D eigenvalue weighted by atomic mass is 16.3. The van der Waals surface area contributed by atoms with E-state index in [-0.39, 0.29) is 6.10 Å². The zero-order valence-corrected chi connectivity index (χ0v) is 8.42. The summed E-state index contributed by atoms with van der Waals surface area (Å²) in [7, 11) is 0. The maximum Gasteiger partial charge on any atom is 0.0570 e. The Morgan fingerprint density at radius 1 is 1.33 bits per heavy atom. The highest BCUT2D eigenvalue weighted by molar-refractivity contribution is 4.78. The largest absolute Gasteiger partial charge is 0.393 e. The van der Waals surface area contributed by atoms with Crippen molar-refractivity contribution >= 4 is 0 Å². The highest BCUT2D eigenvalue weighted by Gasteiger charge is 2.26. The fourth-order valence-corrected chi connectivity index (χ4v) is 2.47. The van der Waals surface area contributed by atoms with E-state index < -0.39 is 0 Å². The van der Waals surface area contributed by atoms with E-state index in [0.29, 0.717) is 5.92 Å². The summed E-state index contributed by atoms with van der Waals surface area (Å²) in [6, 6.07) is 0. The van der Waals surface area contributed by atoms with E-state index in [1.165, 1.54) is 32.1 Å². The van der Waals surface area contributed by atoms with Gasteiger partial charge in [0.05, 0.1) is 6.10 Å². The molecule has 1 nitrogen and oxygen atoms in total. The molecule has 1 rings (SSSR count). The molecule has 1 N–H and O–H groups in total. The number of aliphatic hydroxyl groups is 1. The van der Waals surface area contributed by atoms with Gasteiger partial charge in [0.1, 0.15) is 0 Å². The van der Waals surface area contributed by atoms with Crippen molar-refractivity contribution in [3.8, 4) is 0 Å². The Morgan fingerprint density at radius 3 is 2.58 bits per heavy atom. The summed E-state index contributed by atoms with van der Waals surface area (Å²) in [6.07, 6.45) is 7.39. The molecule has 1 aliphatic carbocycles. The Morgan fingerprint density at radius 2 is 2.00 bits per heavy atom. The predicted molar refractivity (Wildman–Crippen MR) is 52.0 cm³/mol. The Labute approximate surface area is 76.2 Å².